The van der Waals surface area contributed by atoms with E-state index in [1.165, 1.54) is 8.99 Å². The van der Waals surface area contributed by atoms with E-state index in [0.717, 1.165) is 5.56 Å². The number of rotatable bonds is 5. The van der Waals surface area contributed by atoms with Crippen molar-refractivity contribution in [3.63, 3.8) is 0 Å². The van der Waals surface area contributed by atoms with Crippen molar-refractivity contribution in [2.45, 2.75) is 39.5 Å². The van der Waals surface area contributed by atoms with Gasteiger partial charge in [-0.05, 0) is 32.9 Å². The van der Waals surface area contributed by atoms with Crippen LogP contribution in [0.4, 0.5) is 0 Å². The number of hydrogen-bond donors (Lipinski definition) is 0. The smallest absolute Gasteiger partial charge is 0.267 e. The largest absolute Gasteiger partial charge is 0.278 e. The number of carbonyl (C=O) groups excluding carboxylic acids is 1. The molecule has 2 aromatic rings. The molecule has 1 heterocycles. The van der Waals surface area contributed by atoms with Crippen molar-refractivity contribution in [3.8, 4) is 0 Å². The first-order chi connectivity index (χ1) is 11.2. The van der Waals surface area contributed by atoms with E-state index in [4.69, 9.17) is 0 Å². The van der Waals surface area contributed by atoms with Gasteiger partial charge < -0.3 is 0 Å². The fourth-order valence-corrected chi connectivity index (χ4v) is 4.60. The lowest BCUT2D eigenvalue weighted by Crippen LogP contribution is -2.31. The fraction of sp³-hybridized carbons (Fsp3) is 0.412. The molecule has 0 aliphatic rings. The zero-order valence-corrected chi connectivity index (χ0v) is 15.5. The third kappa shape index (κ3) is 3.14. The molecule has 0 saturated heterocycles. The van der Waals surface area contributed by atoms with E-state index in [-0.39, 0.29) is 10.8 Å². The average molecular weight is 349 g/mol. The summed E-state index contributed by atoms with van der Waals surface area (Å²) in [6.07, 6.45) is 0. The standard InChI is InChI=1S/C17H23N3O3S/c1-6-19(7-2)24(22,23)16-13(4)18-20(14(16)5)17(21)15-10-8-9-12(3)11-15/h8-11H,6-7H2,1-5H3. The Bertz CT molecular complexity index is 865. The van der Waals surface area contributed by atoms with Gasteiger partial charge in [-0.3, -0.25) is 4.79 Å². The van der Waals surface area contributed by atoms with Crippen LogP contribution in [-0.2, 0) is 10.0 Å². The normalized spacial score (nSPS) is 11.9. The second kappa shape index (κ2) is 6.86. The summed E-state index contributed by atoms with van der Waals surface area (Å²) >= 11 is 0. The molecule has 0 spiro atoms. The third-order valence-corrected chi connectivity index (χ3v) is 6.29. The van der Waals surface area contributed by atoms with Crippen LogP contribution >= 0.6 is 0 Å². The monoisotopic (exact) mass is 349 g/mol. The third-order valence-electron chi connectivity index (χ3n) is 3.99. The maximum atomic E-state index is 12.8. The molecule has 0 N–H and O–H groups in total. The van der Waals surface area contributed by atoms with Crippen LogP contribution in [0.3, 0.4) is 0 Å². The van der Waals surface area contributed by atoms with Crippen LogP contribution in [0.25, 0.3) is 0 Å². The van der Waals surface area contributed by atoms with Crippen molar-refractivity contribution in [1.29, 1.82) is 0 Å². The van der Waals surface area contributed by atoms with Crippen molar-refractivity contribution in [2.24, 2.45) is 0 Å². The number of aryl methyl sites for hydroxylation is 2. The van der Waals surface area contributed by atoms with Gasteiger partial charge in [-0.1, -0.05) is 31.5 Å². The molecule has 0 saturated carbocycles. The highest BCUT2D eigenvalue weighted by Crippen LogP contribution is 2.24. The SMILES string of the molecule is CCN(CC)S(=O)(=O)c1c(C)nn(C(=O)c2cccc(C)c2)c1C. The molecule has 6 nitrogen and oxygen atoms in total. The van der Waals surface area contributed by atoms with Gasteiger partial charge in [0.25, 0.3) is 5.91 Å². The first-order valence-electron chi connectivity index (χ1n) is 7.91. The van der Waals surface area contributed by atoms with Gasteiger partial charge in [-0.15, -0.1) is 0 Å². The van der Waals surface area contributed by atoms with Crippen LogP contribution in [0.2, 0.25) is 0 Å². The number of carbonyl (C=O) groups is 1. The van der Waals surface area contributed by atoms with Gasteiger partial charge in [-0.25, -0.2) is 8.42 Å². The summed E-state index contributed by atoms with van der Waals surface area (Å²) in [6, 6.07) is 7.15. The van der Waals surface area contributed by atoms with Crippen molar-refractivity contribution in [3.05, 3.63) is 46.8 Å². The first-order valence-corrected chi connectivity index (χ1v) is 9.35. The second-order valence-electron chi connectivity index (χ2n) is 5.68. The Labute approximate surface area is 143 Å². The number of benzene rings is 1. The van der Waals surface area contributed by atoms with Gasteiger partial charge in [-0.2, -0.15) is 14.1 Å². The highest BCUT2D eigenvalue weighted by Gasteiger charge is 2.30. The zero-order valence-electron chi connectivity index (χ0n) is 14.7. The number of hydrogen-bond acceptors (Lipinski definition) is 4. The van der Waals surface area contributed by atoms with E-state index in [1.54, 1.807) is 45.9 Å². The van der Waals surface area contributed by atoms with E-state index < -0.39 is 10.0 Å². The van der Waals surface area contributed by atoms with Crippen LogP contribution in [0.1, 0.15) is 41.2 Å². The van der Waals surface area contributed by atoms with Crippen molar-refractivity contribution < 1.29 is 13.2 Å². The number of nitrogens with zero attached hydrogens (tertiary/aromatic N) is 3. The minimum atomic E-state index is -3.67. The summed E-state index contributed by atoms with van der Waals surface area (Å²) in [7, 11) is -3.67. The Kier molecular flexibility index (Phi) is 5.25. The fourth-order valence-electron chi connectivity index (χ4n) is 2.79. The molecule has 24 heavy (non-hydrogen) atoms. The first kappa shape index (κ1) is 18.4. The molecule has 0 aliphatic heterocycles. The predicted octanol–water partition coefficient (Wildman–Crippen LogP) is 2.53. The lowest BCUT2D eigenvalue weighted by molar-refractivity contribution is 0.0942. The molecule has 1 aromatic carbocycles. The van der Waals surface area contributed by atoms with E-state index in [9.17, 15) is 13.2 Å². The summed E-state index contributed by atoms with van der Waals surface area (Å²) in [6.45, 7) is 9.44. The Morgan fingerprint density at radius 2 is 1.79 bits per heavy atom. The van der Waals surface area contributed by atoms with Crippen LogP contribution in [0, 0.1) is 20.8 Å². The van der Waals surface area contributed by atoms with Crippen LogP contribution in [0.15, 0.2) is 29.2 Å². The maximum absolute atomic E-state index is 12.8. The minimum Gasteiger partial charge on any atom is -0.267 e. The lowest BCUT2D eigenvalue weighted by atomic mass is 10.1. The Balaban J connectivity index is 2.56. The predicted molar refractivity (Wildman–Crippen MR) is 92.7 cm³/mol. The molecule has 7 heteroatoms. The molecule has 0 aliphatic carbocycles. The van der Waals surface area contributed by atoms with Crippen LogP contribution in [-0.4, -0.2) is 41.5 Å². The highest BCUT2D eigenvalue weighted by atomic mass is 32.2. The highest BCUT2D eigenvalue weighted by molar-refractivity contribution is 7.89. The molecule has 0 atom stereocenters. The lowest BCUT2D eigenvalue weighted by Gasteiger charge is -2.18. The summed E-state index contributed by atoms with van der Waals surface area (Å²) in [4.78, 5) is 12.8. The molecule has 0 fully saturated rings. The molecular weight excluding hydrogens is 326 g/mol. The molecule has 130 valence electrons. The van der Waals surface area contributed by atoms with E-state index >= 15 is 0 Å². The van der Waals surface area contributed by atoms with Gasteiger partial charge in [0.05, 0.1) is 11.4 Å². The molecular formula is C17H23N3O3S. The van der Waals surface area contributed by atoms with Gasteiger partial charge in [0.1, 0.15) is 4.90 Å². The van der Waals surface area contributed by atoms with E-state index in [0.29, 0.717) is 30.0 Å². The molecule has 0 unspecified atom stereocenters. The summed E-state index contributed by atoms with van der Waals surface area (Å²) < 4.78 is 28.2. The Morgan fingerprint density at radius 1 is 1.17 bits per heavy atom. The Morgan fingerprint density at radius 3 is 2.33 bits per heavy atom. The number of aromatic nitrogens is 2. The van der Waals surface area contributed by atoms with Crippen LogP contribution < -0.4 is 0 Å². The van der Waals surface area contributed by atoms with Gasteiger partial charge >= 0.3 is 0 Å². The molecule has 0 amide bonds. The summed E-state index contributed by atoms with van der Waals surface area (Å²) in [5.41, 5.74) is 2.11. The van der Waals surface area contributed by atoms with E-state index in [1.807, 2.05) is 13.0 Å². The topological polar surface area (TPSA) is 72.3 Å². The minimum absolute atomic E-state index is 0.118. The Hall–Kier alpha value is -1.99. The van der Waals surface area contributed by atoms with Gasteiger partial charge in [0, 0.05) is 18.7 Å². The maximum Gasteiger partial charge on any atom is 0.278 e. The van der Waals surface area contributed by atoms with Crippen molar-refractivity contribution in [2.75, 3.05) is 13.1 Å². The van der Waals surface area contributed by atoms with Gasteiger partial charge in [0.2, 0.25) is 10.0 Å². The van der Waals surface area contributed by atoms with Crippen LogP contribution in [0.5, 0.6) is 0 Å². The molecule has 0 radical (unpaired) electrons. The quantitative estimate of drug-likeness (QED) is 0.831. The molecule has 2 rings (SSSR count). The van der Waals surface area contributed by atoms with Gasteiger partial charge in [0.15, 0.2) is 0 Å². The average Bonchev–Trinajstić information content (AvgIpc) is 2.82. The molecule has 0 bridgehead atoms. The zero-order chi connectivity index (χ0) is 18.1. The van der Waals surface area contributed by atoms with Crippen molar-refractivity contribution >= 4 is 15.9 Å². The molecule has 1 aromatic heterocycles. The summed E-state index contributed by atoms with van der Waals surface area (Å²) in [5.74, 6) is -0.333. The number of sulfonamides is 1. The second-order valence-corrected chi connectivity index (χ2v) is 7.55. The van der Waals surface area contributed by atoms with E-state index in [2.05, 4.69) is 5.10 Å². The summed E-state index contributed by atoms with van der Waals surface area (Å²) in [5, 5.41) is 4.19. The van der Waals surface area contributed by atoms with Crippen molar-refractivity contribution in [1.82, 2.24) is 14.1 Å².